The number of fused-ring (bicyclic) bond motifs is 1. The minimum absolute atomic E-state index is 0.454. The third kappa shape index (κ3) is 4.17. The van der Waals surface area contributed by atoms with Crippen molar-refractivity contribution in [3.63, 3.8) is 0 Å². The number of allylic oxidation sites excluding steroid dienone is 2. The molecule has 1 atom stereocenters. The molecule has 1 aliphatic rings. The molecule has 0 saturated carbocycles. The van der Waals surface area contributed by atoms with Crippen molar-refractivity contribution in [2.24, 2.45) is 0 Å². The van der Waals surface area contributed by atoms with E-state index in [0.29, 0.717) is 5.92 Å². The summed E-state index contributed by atoms with van der Waals surface area (Å²) >= 11 is 0. The Kier molecular flexibility index (Phi) is 5.98. The molecule has 5 aromatic rings. The van der Waals surface area contributed by atoms with Gasteiger partial charge in [-0.25, -0.2) is 0 Å². The Hall–Kier alpha value is -4.36. The maximum absolute atomic E-state index is 2.33. The Morgan fingerprint density at radius 2 is 0.946 bits per heavy atom. The van der Waals surface area contributed by atoms with Crippen LogP contribution in [0.4, 0.5) is 17.1 Å². The van der Waals surface area contributed by atoms with E-state index in [1.807, 2.05) is 0 Å². The summed E-state index contributed by atoms with van der Waals surface area (Å²) in [6.07, 6.45) is 0. The summed E-state index contributed by atoms with van der Waals surface area (Å²) in [5, 5.41) is 0. The van der Waals surface area contributed by atoms with Crippen LogP contribution in [-0.2, 0) is 0 Å². The molecule has 0 saturated heterocycles. The molecule has 0 amide bonds. The number of rotatable bonds is 5. The van der Waals surface area contributed by atoms with Gasteiger partial charge in [0.2, 0.25) is 0 Å². The van der Waals surface area contributed by atoms with Gasteiger partial charge in [0.05, 0.1) is 0 Å². The summed E-state index contributed by atoms with van der Waals surface area (Å²) in [6, 6.07) is 45.8. The second kappa shape index (κ2) is 9.59. The van der Waals surface area contributed by atoms with Crippen LogP contribution in [0.5, 0.6) is 0 Å². The Morgan fingerprint density at radius 1 is 0.459 bits per heavy atom. The van der Waals surface area contributed by atoms with E-state index in [0.717, 1.165) is 17.1 Å². The van der Waals surface area contributed by atoms with Gasteiger partial charge < -0.3 is 4.90 Å². The molecule has 1 heteroatoms. The van der Waals surface area contributed by atoms with Crippen LogP contribution in [0.15, 0.2) is 133 Å². The molecule has 5 aromatic carbocycles. The molecule has 0 spiro atoms. The summed E-state index contributed by atoms with van der Waals surface area (Å²) in [7, 11) is 0. The van der Waals surface area contributed by atoms with Crippen LogP contribution >= 0.6 is 0 Å². The van der Waals surface area contributed by atoms with Crippen molar-refractivity contribution in [2.45, 2.75) is 26.7 Å². The topological polar surface area (TPSA) is 3.24 Å². The smallest absolute Gasteiger partial charge is 0.0462 e. The largest absolute Gasteiger partial charge is 0.311 e. The van der Waals surface area contributed by atoms with Crippen molar-refractivity contribution in [1.82, 2.24) is 0 Å². The maximum Gasteiger partial charge on any atom is 0.0462 e. The Labute approximate surface area is 220 Å². The lowest BCUT2D eigenvalue weighted by Gasteiger charge is -2.26. The predicted molar refractivity (Wildman–Crippen MR) is 159 cm³/mol. The molecular weight excluding hydrogens is 446 g/mol. The minimum Gasteiger partial charge on any atom is -0.311 e. The van der Waals surface area contributed by atoms with Gasteiger partial charge in [0.1, 0.15) is 0 Å². The lowest BCUT2D eigenvalue weighted by atomic mass is 9.90. The van der Waals surface area contributed by atoms with Gasteiger partial charge in [0.15, 0.2) is 0 Å². The fourth-order valence-electron chi connectivity index (χ4n) is 5.61. The lowest BCUT2D eigenvalue weighted by molar-refractivity contribution is 0.922. The third-order valence-corrected chi connectivity index (χ3v) is 7.87. The van der Waals surface area contributed by atoms with Crippen LogP contribution < -0.4 is 4.90 Å². The van der Waals surface area contributed by atoms with Crippen molar-refractivity contribution in [1.29, 1.82) is 0 Å². The van der Waals surface area contributed by atoms with Crippen LogP contribution in [-0.4, -0.2) is 0 Å². The molecule has 37 heavy (non-hydrogen) atoms. The quantitative estimate of drug-likeness (QED) is 0.243. The van der Waals surface area contributed by atoms with Crippen LogP contribution in [0.3, 0.4) is 0 Å². The normalized spacial score (nSPS) is 14.5. The van der Waals surface area contributed by atoms with E-state index < -0.39 is 0 Å². The van der Waals surface area contributed by atoms with Gasteiger partial charge in [0, 0.05) is 23.0 Å². The van der Waals surface area contributed by atoms with E-state index in [9.17, 15) is 0 Å². The molecule has 0 aromatic heterocycles. The average molecular weight is 478 g/mol. The number of anilines is 3. The van der Waals surface area contributed by atoms with Gasteiger partial charge in [-0.3, -0.25) is 0 Å². The third-order valence-electron chi connectivity index (χ3n) is 7.87. The molecule has 1 aliphatic carbocycles. The van der Waals surface area contributed by atoms with Gasteiger partial charge >= 0.3 is 0 Å². The zero-order chi connectivity index (χ0) is 25.4. The van der Waals surface area contributed by atoms with Gasteiger partial charge in [0.25, 0.3) is 0 Å². The molecule has 1 nitrogen and oxygen atoms in total. The van der Waals surface area contributed by atoms with Crippen LogP contribution in [0.1, 0.15) is 37.8 Å². The minimum atomic E-state index is 0.454. The van der Waals surface area contributed by atoms with E-state index in [1.54, 1.807) is 0 Å². The average Bonchev–Trinajstić information content (AvgIpc) is 3.19. The summed E-state index contributed by atoms with van der Waals surface area (Å²) in [6.45, 7) is 6.86. The van der Waals surface area contributed by atoms with Crippen molar-refractivity contribution >= 4 is 22.6 Å². The standard InChI is InChI=1S/C36H31N/c1-25-26(2)34-15-10-16-35(36(34)27(25)3)30-19-23-33(24-20-30)37(31-13-8-5-9-14-31)32-21-17-29(18-22-32)28-11-6-4-7-12-28/h4-24,27H,1-3H3. The summed E-state index contributed by atoms with van der Waals surface area (Å²) in [5.74, 6) is 0.454. The molecule has 0 fully saturated rings. The van der Waals surface area contributed by atoms with Crippen LogP contribution in [0.25, 0.3) is 27.8 Å². The summed E-state index contributed by atoms with van der Waals surface area (Å²) in [4.78, 5) is 2.33. The molecular formula is C36H31N. The van der Waals surface area contributed by atoms with E-state index in [2.05, 4.69) is 153 Å². The van der Waals surface area contributed by atoms with Crippen LogP contribution in [0.2, 0.25) is 0 Å². The van der Waals surface area contributed by atoms with Crippen molar-refractivity contribution < 1.29 is 0 Å². The van der Waals surface area contributed by atoms with E-state index in [-0.39, 0.29) is 0 Å². The number of nitrogens with zero attached hydrogens (tertiary/aromatic N) is 1. The SMILES string of the molecule is CC1=C(C)C(C)c2c1cccc2-c1ccc(N(c2ccccc2)c2ccc(-c3ccccc3)cc2)cc1. The molecule has 0 bridgehead atoms. The number of para-hydroxylation sites is 1. The molecule has 0 aliphatic heterocycles. The van der Waals surface area contributed by atoms with E-state index in [4.69, 9.17) is 0 Å². The van der Waals surface area contributed by atoms with E-state index in [1.165, 1.54) is 44.5 Å². The first kappa shape index (κ1) is 23.1. The Bertz CT molecular complexity index is 1560. The fraction of sp³-hybridized carbons (Fsp3) is 0.111. The predicted octanol–water partition coefficient (Wildman–Crippen LogP) is 10.4. The molecule has 0 heterocycles. The van der Waals surface area contributed by atoms with Gasteiger partial charge in [-0.15, -0.1) is 0 Å². The molecule has 1 unspecified atom stereocenters. The first-order chi connectivity index (χ1) is 18.1. The number of benzene rings is 5. The Balaban J connectivity index is 1.38. The second-order valence-corrected chi connectivity index (χ2v) is 9.93. The highest BCUT2D eigenvalue weighted by Crippen LogP contribution is 2.46. The first-order valence-corrected chi connectivity index (χ1v) is 13.0. The van der Waals surface area contributed by atoms with Gasteiger partial charge in [-0.1, -0.05) is 103 Å². The zero-order valence-electron chi connectivity index (χ0n) is 21.6. The van der Waals surface area contributed by atoms with Crippen molar-refractivity contribution in [2.75, 3.05) is 4.90 Å². The second-order valence-electron chi connectivity index (χ2n) is 9.93. The highest BCUT2D eigenvalue weighted by Gasteiger charge is 2.26. The molecule has 0 N–H and O–H groups in total. The highest BCUT2D eigenvalue weighted by atomic mass is 15.1. The molecule has 180 valence electrons. The van der Waals surface area contributed by atoms with Gasteiger partial charge in [-0.2, -0.15) is 0 Å². The number of hydrogen-bond donors (Lipinski definition) is 0. The van der Waals surface area contributed by atoms with Crippen molar-refractivity contribution in [3.8, 4) is 22.3 Å². The highest BCUT2D eigenvalue weighted by molar-refractivity contribution is 5.85. The van der Waals surface area contributed by atoms with Crippen LogP contribution in [0, 0.1) is 0 Å². The fourth-order valence-corrected chi connectivity index (χ4v) is 5.61. The van der Waals surface area contributed by atoms with E-state index >= 15 is 0 Å². The van der Waals surface area contributed by atoms with Crippen molar-refractivity contribution in [3.05, 3.63) is 144 Å². The zero-order valence-corrected chi connectivity index (χ0v) is 21.6. The Morgan fingerprint density at radius 3 is 1.57 bits per heavy atom. The summed E-state index contributed by atoms with van der Waals surface area (Å²) in [5.41, 5.74) is 14.3. The number of hydrogen-bond acceptors (Lipinski definition) is 1. The first-order valence-electron chi connectivity index (χ1n) is 13.0. The van der Waals surface area contributed by atoms with Gasteiger partial charge in [-0.05, 0) is 89.2 Å². The maximum atomic E-state index is 2.33. The molecule has 0 radical (unpaired) electrons. The lowest BCUT2D eigenvalue weighted by Crippen LogP contribution is -2.09. The summed E-state index contributed by atoms with van der Waals surface area (Å²) < 4.78 is 0. The monoisotopic (exact) mass is 477 g/mol. The molecule has 6 rings (SSSR count).